The third kappa shape index (κ3) is 5.10. The molecule has 0 saturated heterocycles. The Kier molecular flexibility index (Phi) is 5.45. The second-order valence-corrected chi connectivity index (χ2v) is 2.03. The van der Waals surface area contributed by atoms with Gasteiger partial charge in [-0.15, -0.1) is 0 Å². The Morgan fingerprint density at radius 1 is 1.50 bits per heavy atom. The van der Waals surface area contributed by atoms with Crippen LogP contribution in [-0.2, 0) is 0 Å². The minimum Gasteiger partial charge on any atom is -0.0991 e. The second-order valence-electron chi connectivity index (χ2n) is 2.03. The standard InChI is InChI=1S/C10H14/c1-4-6-7-9-10(3)8-5-2/h4-8H,1,3,9H2,2H3. The Morgan fingerprint density at radius 3 is 2.70 bits per heavy atom. The van der Waals surface area contributed by atoms with Crippen molar-refractivity contribution in [3.05, 3.63) is 49.1 Å². The molecule has 0 atom stereocenters. The molecule has 0 unspecified atom stereocenters. The highest BCUT2D eigenvalue weighted by Gasteiger charge is 1.79. The van der Waals surface area contributed by atoms with E-state index < -0.39 is 0 Å². The van der Waals surface area contributed by atoms with E-state index in [4.69, 9.17) is 0 Å². The van der Waals surface area contributed by atoms with Gasteiger partial charge in [-0.2, -0.15) is 0 Å². The number of hydrogen-bond acceptors (Lipinski definition) is 0. The van der Waals surface area contributed by atoms with Gasteiger partial charge in [-0.05, 0) is 13.3 Å². The molecule has 0 aromatic carbocycles. The van der Waals surface area contributed by atoms with Gasteiger partial charge < -0.3 is 0 Å². The largest absolute Gasteiger partial charge is 0.0991 e. The lowest BCUT2D eigenvalue weighted by Crippen LogP contribution is -1.69. The summed E-state index contributed by atoms with van der Waals surface area (Å²) < 4.78 is 0. The SMILES string of the molecule is C=CC=CCC(=C)C=CC. The molecule has 0 spiro atoms. The van der Waals surface area contributed by atoms with Gasteiger partial charge in [0, 0.05) is 0 Å². The van der Waals surface area contributed by atoms with E-state index in [-0.39, 0.29) is 0 Å². The highest BCUT2D eigenvalue weighted by Crippen LogP contribution is 2.00. The molecule has 0 N–H and O–H groups in total. The lowest BCUT2D eigenvalue weighted by molar-refractivity contribution is 1.30. The van der Waals surface area contributed by atoms with Gasteiger partial charge >= 0.3 is 0 Å². The highest BCUT2D eigenvalue weighted by molar-refractivity contribution is 5.17. The van der Waals surface area contributed by atoms with Crippen LogP contribution in [0.2, 0.25) is 0 Å². The molecule has 10 heavy (non-hydrogen) atoms. The lowest BCUT2D eigenvalue weighted by atomic mass is 10.2. The van der Waals surface area contributed by atoms with Gasteiger partial charge in [0.1, 0.15) is 0 Å². The maximum atomic E-state index is 3.84. The van der Waals surface area contributed by atoms with E-state index in [1.165, 1.54) is 0 Å². The quantitative estimate of drug-likeness (QED) is 0.518. The van der Waals surface area contributed by atoms with Gasteiger partial charge in [0.05, 0.1) is 0 Å². The summed E-state index contributed by atoms with van der Waals surface area (Å²) in [6.07, 6.45) is 10.6. The number of rotatable bonds is 4. The average molecular weight is 134 g/mol. The molecule has 0 aliphatic heterocycles. The maximum Gasteiger partial charge on any atom is -0.0100 e. The molecule has 0 aliphatic carbocycles. The fraction of sp³-hybridized carbons (Fsp3) is 0.200. The molecule has 0 rings (SSSR count). The van der Waals surface area contributed by atoms with Crippen molar-refractivity contribution < 1.29 is 0 Å². The van der Waals surface area contributed by atoms with Gasteiger partial charge in [-0.1, -0.05) is 49.1 Å². The summed E-state index contributed by atoms with van der Waals surface area (Å²) in [4.78, 5) is 0. The van der Waals surface area contributed by atoms with Crippen molar-refractivity contribution in [2.24, 2.45) is 0 Å². The molecule has 0 aliphatic rings. The van der Waals surface area contributed by atoms with Crippen LogP contribution in [-0.4, -0.2) is 0 Å². The second kappa shape index (κ2) is 6.09. The summed E-state index contributed by atoms with van der Waals surface area (Å²) in [6.45, 7) is 9.40. The Hall–Kier alpha value is -1.04. The zero-order valence-electron chi connectivity index (χ0n) is 6.51. The summed E-state index contributed by atoms with van der Waals surface area (Å²) in [6, 6.07) is 0. The number of allylic oxidation sites excluding steroid dienone is 6. The molecule has 0 fully saturated rings. The Balaban J connectivity index is 3.58. The van der Waals surface area contributed by atoms with Crippen LogP contribution in [0.3, 0.4) is 0 Å². The van der Waals surface area contributed by atoms with Crippen LogP contribution in [0.5, 0.6) is 0 Å². The molecule has 0 aromatic heterocycles. The zero-order chi connectivity index (χ0) is 7.82. The topological polar surface area (TPSA) is 0 Å². The molecular weight excluding hydrogens is 120 g/mol. The van der Waals surface area contributed by atoms with Gasteiger partial charge in [-0.25, -0.2) is 0 Å². The molecule has 0 amide bonds. The van der Waals surface area contributed by atoms with Crippen molar-refractivity contribution in [2.75, 3.05) is 0 Å². The normalized spacial score (nSPS) is 10.9. The van der Waals surface area contributed by atoms with Crippen LogP contribution < -0.4 is 0 Å². The summed E-state index contributed by atoms with van der Waals surface area (Å²) in [5.41, 5.74) is 1.13. The van der Waals surface area contributed by atoms with E-state index in [2.05, 4.69) is 13.2 Å². The minimum absolute atomic E-state index is 0.913. The van der Waals surface area contributed by atoms with Crippen molar-refractivity contribution in [1.82, 2.24) is 0 Å². The van der Waals surface area contributed by atoms with E-state index in [1.807, 2.05) is 31.2 Å². The third-order valence-electron chi connectivity index (χ3n) is 1.05. The first-order valence-corrected chi connectivity index (χ1v) is 3.39. The summed E-state index contributed by atoms with van der Waals surface area (Å²) >= 11 is 0. The summed E-state index contributed by atoms with van der Waals surface area (Å²) in [5.74, 6) is 0. The highest BCUT2D eigenvalue weighted by atomic mass is 13.9. The Labute approximate surface area is 63.3 Å². The third-order valence-corrected chi connectivity index (χ3v) is 1.05. The first-order chi connectivity index (χ1) is 4.81. The first kappa shape index (κ1) is 8.96. The summed E-state index contributed by atoms with van der Waals surface area (Å²) in [5, 5.41) is 0. The molecule has 0 nitrogen and oxygen atoms in total. The van der Waals surface area contributed by atoms with Crippen molar-refractivity contribution >= 4 is 0 Å². The molecule has 54 valence electrons. The van der Waals surface area contributed by atoms with E-state index in [9.17, 15) is 0 Å². The fourth-order valence-electron chi connectivity index (χ4n) is 0.619. The van der Waals surface area contributed by atoms with Crippen LogP contribution in [0, 0.1) is 0 Å². The zero-order valence-corrected chi connectivity index (χ0v) is 6.51. The van der Waals surface area contributed by atoms with E-state index in [1.54, 1.807) is 6.08 Å². The van der Waals surface area contributed by atoms with Gasteiger partial charge in [0.15, 0.2) is 0 Å². The van der Waals surface area contributed by atoms with E-state index in [0.29, 0.717) is 0 Å². The van der Waals surface area contributed by atoms with E-state index in [0.717, 1.165) is 12.0 Å². The molecule has 0 saturated carbocycles. The van der Waals surface area contributed by atoms with Crippen molar-refractivity contribution in [2.45, 2.75) is 13.3 Å². The number of hydrogen-bond donors (Lipinski definition) is 0. The van der Waals surface area contributed by atoms with Crippen molar-refractivity contribution in [3.63, 3.8) is 0 Å². The molecule has 0 radical (unpaired) electrons. The van der Waals surface area contributed by atoms with Crippen LogP contribution in [0.15, 0.2) is 49.1 Å². The predicted octanol–water partition coefficient (Wildman–Crippen LogP) is 3.25. The van der Waals surface area contributed by atoms with Crippen LogP contribution in [0.25, 0.3) is 0 Å². The lowest BCUT2D eigenvalue weighted by Gasteiger charge is -1.89. The van der Waals surface area contributed by atoms with Crippen molar-refractivity contribution in [1.29, 1.82) is 0 Å². The monoisotopic (exact) mass is 134 g/mol. The molecule has 0 heterocycles. The molecule has 0 bridgehead atoms. The smallest absolute Gasteiger partial charge is 0.0100 e. The predicted molar refractivity (Wildman–Crippen MR) is 47.9 cm³/mol. The maximum absolute atomic E-state index is 3.84. The van der Waals surface area contributed by atoms with Crippen molar-refractivity contribution in [3.8, 4) is 0 Å². The Bertz CT molecular complexity index is 159. The van der Waals surface area contributed by atoms with Crippen LogP contribution in [0.4, 0.5) is 0 Å². The average Bonchev–Trinajstić information content (AvgIpc) is 1.89. The van der Waals surface area contributed by atoms with Gasteiger partial charge in [0.2, 0.25) is 0 Å². The van der Waals surface area contributed by atoms with Gasteiger partial charge in [-0.3, -0.25) is 0 Å². The Morgan fingerprint density at radius 2 is 2.20 bits per heavy atom. The molecule has 0 aromatic rings. The first-order valence-electron chi connectivity index (χ1n) is 3.39. The summed E-state index contributed by atoms with van der Waals surface area (Å²) in [7, 11) is 0. The van der Waals surface area contributed by atoms with E-state index >= 15 is 0 Å². The molecular formula is C10H14. The fourth-order valence-corrected chi connectivity index (χ4v) is 0.619. The minimum atomic E-state index is 0.913. The van der Waals surface area contributed by atoms with Crippen LogP contribution >= 0.6 is 0 Å². The van der Waals surface area contributed by atoms with Gasteiger partial charge in [0.25, 0.3) is 0 Å². The van der Waals surface area contributed by atoms with Crippen LogP contribution in [0.1, 0.15) is 13.3 Å². The molecule has 0 heteroatoms.